The second-order valence-corrected chi connectivity index (χ2v) is 8.67. The molecule has 0 aliphatic carbocycles. The molecule has 1 saturated heterocycles. The summed E-state index contributed by atoms with van der Waals surface area (Å²) in [7, 11) is 0. The van der Waals surface area contributed by atoms with Gasteiger partial charge in [0.25, 0.3) is 0 Å². The number of hydrogen-bond acceptors (Lipinski definition) is 4. The molecule has 0 radical (unpaired) electrons. The molecule has 2 heterocycles. The highest BCUT2D eigenvalue weighted by molar-refractivity contribution is 5.93. The lowest BCUT2D eigenvalue weighted by atomic mass is 9.96. The fourth-order valence-electron chi connectivity index (χ4n) is 4.58. The number of anilines is 2. The van der Waals surface area contributed by atoms with E-state index in [1.807, 2.05) is 12.1 Å². The number of nitrogens with one attached hydrogen (secondary N) is 1. The van der Waals surface area contributed by atoms with Crippen LogP contribution in [0.15, 0.2) is 36.4 Å². The average Bonchev–Trinajstić information content (AvgIpc) is 2.76. The minimum atomic E-state index is -0.441. The smallest absolute Gasteiger partial charge is 0.224 e. The highest BCUT2D eigenvalue weighted by Crippen LogP contribution is 2.28. The zero-order chi connectivity index (χ0) is 21.1. The molecule has 0 saturated carbocycles. The van der Waals surface area contributed by atoms with E-state index in [1.54, 1.807) is 0 Å². The summed E-state index contributed by atoms with van der Waals surface area (Å²) < 4.78 is 0. The summed E-state index contributed by atoms with van der Waals surface area (Å²) in [5.74, 6) is 0.0773. The summed E-state index contributed by atoms with van der Waals surface area (Å²) in [5, 5.41) is 13.5. The van der Waals surface area contributed by atoms with Crippen LogP contribution in [0.3, 0.4) is 0 Å². The van der Waals surface area contributed by atoms with E-state index < -0.39 is 6.10 Å². The molecule has 2 N–H and O–H groups in total. The van der Waals surface area contributed by atoms with E-state index in [0.29, 0.717) is 6.42 Å². The fraction of sp³-hybridized carbons (Fsp3) is 0.480. The van der Waals surface area contributed by atoms with Crippen molar-refractivity contribution in [3.8, 4) is 0 Å². The van der Waals surface area contributed by atoms with E-state index in [9.17, 15) is 9.90 Å². The summed E-state index contributed by atoms with van der Waals surface area (Å²) in [6, 6.07) is 12.5. The van der Waals surface area contributed by atoms with E-state index in [4.69, 9.17) is 0 Å². The van der Waals surface area contributed by atoms with Crippen molar-refractivity contribution in [2.24, 2.45) is 0 Å². The maximum absolute atomic E-state index is 11.5. The summed E-state index contributed by atoms with van der Waals surface area (Å²) in [6.45, 7) is 9.68. The van der Waals surface area contributed by atoms with Crippen molar-refractivity contribution in [2.45, 2.75) is 45.6 Å². The van der Waals surface area contributed by atoms with Gasteiger partial charge in [0.1, 0.15) is 0 Å². The van der Waals surface area contributed by atoms with Crippen LogP contribution < -0.4 is 10.2 Å². The zero-order valence-corrected chi connectivity index (χ0v) is 18.2. The third kappa shape index (κ3) is 4.68. The third-order valence-corrected chi connectivity index (χ3v) is 6.65. The van der Waals surface area contributed by atoms with E-state index in [0.717, 1.165) is 68.8 Å². The van der Waals surface area contributed by atoms with E-state index in [1.165, 1.54) is 16.8 Å². The maximum atomic E-state index is 11.5. The van der Waals surface area contributed by atoms with Crippen molar-refractivity contribution < 1.29 is 9.90 Å². The average molecular weight is 408 g/mol. The van der Waals surface area contributed by atoms with Crippen LogP contribution >= 0.6 is 0 Å². The lowest BCUT2D eigenvalue weighted by Crippen LogP contribution is -2.46. The van der Waals surface area contributed by atoms with Gasteiger partial charge < -0.3 is 15.3 Å². The number of hydrogen-bond donors (Lipinski definition) is 2. The lowest BCUT2D eigenvalue weighted by molar-refractivity contribution is -0.116. The van der Waals surface area contributed by atoms with E-state index >= 15 is 0 Å². The summed E-state index contributed by atoms with van der Waals surface area (Å²) in [5.41, 5.74) is 7.10. The van der Waals surface area contributed by atoms with Crippen LogP contribution in [0.1, 0.15) is 47.6 Å². The molecule has 160 valence electrons. The van der Waals surface area contributed by atoms with Gasteiger partial charge >= 0.3 is 0 Å². The largest absolute Gasteiger partial charge is 0.388 e. The van der Waals surface area contributed by atoms with Crippen molar-refractivity contribution in [2.75, 3.05) is 42.9 Å². The molecule has 5 heteroatoms. The predicted molar refractivity (Wildman–Crippen MR) is 122 cm³/mol. The Labute approximate surface area is 179 Å². The van der Waals surface area contributed by atoms with Gasteiger partial charge in [0.05, 0.1) is 6.10 Å². The first kappa shape index (κ1) is 20.9. The van der Waals surface area contributed by atoms with Gasteiger partial charge in [-0.15, -0.1) is 0 Å². The molecule has 2 aromatic rings. The van der Waals surface area contributed by atoms with Crippen molar-refractivity contribution in [3.63, 3.8) is 0 Å². The Balaban J connectivity index is 1.23. The monoisotopic (exact) mass is 407 g/mol. The number of carbonyl (C=O) groups excluding carboxylic acids is 1. The highest BCUT2D eigenvalue weighted by atomic mass is 16.3. The number of rotatable bonds is 6. The van der Waals surface area contributed by atoms with E-state index in [2.05, 4.69) is 53.2 Å². The molecule has 1 amide bonds. The van der Waals surface area contributed by atoms with Gasteiger partial charge in [0.2, 0.25) is 5.91 Å². The molecule has 2 aromatic carbocycles. The molecule has 0 bridgehead atoms. The number of amides is 1. The molecule has 5 nitrogen and oxygen atoms in total. The zero-order valence-electron chi connectivity index (χ0n) is 18.2. The molecule has 30 heavy (non-hydrogen) atoms. The summed E-state index contributed by atoms with van der Waals surface area (Å²) >= 11 is 0. The van der Waals surface area contributed by atoms with Crippen molar-refractivity contribution in [3.05, 3.63) is 58.7 Å². The molecule has 1 fully saturated rings. The van der Waals surface area contributed by atoms with Crippen LogP contribution in [0.2, 0.25) is 0 Å². The topological polar surface area (TPSA) is 55.8 Å². The normalized spacial score (nSPS) is 18.1. The second-order valence-electron chi connectivity index (χ2n) is 8.67. The van der Waals surface area contributed by atoms with Crippen molar-refractivity contribution in [1.82, 2.24) is 4.90 Å². The number of piperazine rings is 1. The molecule has 0 spiro atoms. The first-order valence-electron chi connectivity index (χ1n) is 11.2. The number of fused-ring (bicyclic) bond motifs is 1. The minimum absolute atomic E-state index is 0.0773. The Morgan fingerprint density at radius 1 is 1.07 bits per heavy atom. The first-order valence-corrected chi connectivity index (χ1v) is 11.2. The Hall–Kier alpha value is -2.37. The predicted octanol–water partition coefficient (Wildman–Crippen LogP) is 3.82. The Bertz CT molecular complexity index is 903. The van der Waals surface area contributed by atoms with Gasteiger partial charge in [-0.05, 0) is 74.0 Å². The van der Waals surface area contributed by atoms with Crippen LogP contribution in [0.5, 0.6) is 0 Å². The standard InChI is InChI=1S/C25H33N3O2/c1-18-5-3-6-23(19(18)2)28-15-13-27(14-16-28)12-4-7-24(29)21-8-10-22-20(17-21)9-11-25(30)26-22/h3,5-6,8,10,17,24,29H,4,7,9,11-16H2,1-2H3,(H,26,30). The number of aryl methyl sites for hydroxylation is 2. The first-order chi connectivity index (χ1) is 14.5. The Kier molecular flexibility index (Phi) is 6.40. The Morgan fingerprint density at radius 2 is 1.87 bits per heavy atom. The molecule has 1 unspecified atom stereocenters. The molecule has 2 aliphatic heterocycles. The summed E-state index contributed by atoms with van der Waals surface area (Å²) in [4.78, 5) is 16.5. The highest BCUT2D eigenvalue weighted by Gasteiger charge is 2.20. The van der Waals surface area contributed by atoms with Crippen LogP contribution in [0.25, 0.3) is 0 Å². The number of nitrogens with zero attached hydrogens (tertiary/aromatic N) is 2. The molecular formula is C25H33N3O2. The molecule has 0 aromatic heterocycles. The van der Waals surface area contributed by atoms with Crippen molar-refractivity contribution >= 4 is 17.3 Å². The van der Waals surface area contributed by atoms with Crippen molar-refractivity contribution in [1.29, 1.82) is 0 Å². The van der Waals surface area contributed by atoms with Crippen LogP contribution in [-0.2, 0) is 11.2 Å². The minimum Gasteiger partial charge on any atom is -0.388 e. The third-order valence-electron chi connectivity index (χ3n) is 6.65. The number of aliphatic hydroxyl groups is 1. The van der Waals surface area contributed by atoms with Crippen LogP contribution in [0.4, 0.5) is 11.4 Å². The number of benzene rings is 2. The maximum Gasteiger partial charge on any atom is 0.224 e. The summed E-state index contributed by atoms with van der Waals surface area (Å²) in [6.07, 6.45) is 2.59. The lowest BCUT2D eigenvalue weighted by Gasteiger charge is -2.37. The van der Waals surface area contributed by atoms with Gasteiger partial charge in [-0.2, -0.15) is 0 Å². The van der Waals surface area contributed by atoms with Gasteiger partial charge in [0.15, 0.2) is 0 Å². The molecule has 1 atom stereocenters. The number of carbonyl (C=O) groups is 1. The second kappa shape index (κ2) is 9.19. The quantitative estimate of drug-likeness (QED) is 0.764. The number of aliphatic hydroxyl groups excluding tert-OH is 1. The van der Waals surface area contributed by atoms with E-state index in [-0.39, 0.29) is 5.91 Å². The van der Waals surface area contributed by atoms with Gasteiger partial charge in [-0.1, -0.05) is 24.3 Å². The SMILES string of the molecule is Cc1cccc(N2CCN(CCCC(O)c3ccc4c(c3)CCC(=O)N4)CC2)c1C. The van der Waals surface area contributed by atoms with Crippen LogP contribution in [-0.4, -0.2) is 48.6 Å². The molecule has 2 aliphatic rings. The Morgan fingerprint density at radius 3 is 2.67 bits per heavy atom. The molecule has 4 rings (SSSR count). The fourth-order valence-corrected chi connectivity index (χ4v) is 4.58. The van der Waals surface area contributed by atoms with Gasteiger partial charge in [-0.25, -0.2) is 0 Å². The van der Waals surface area contributed by atoms with Crippen LogP contribution in [0, 0.1) is 13.8 Å². The molecular weight excluding hydrogens is 374 g/mol. The van der Waals surface area contributed by atoms with Gasteiger partial charge in [-0.3, -0.25) is 9.69 Å². The van der Waals surface area contributed by atoms with Gasteiger partial charge in [0, 0.05) is 44.0 Å².